The fraction of sp³-hybridized carbons (Fsp3) is 0. The lowest BCUT2D eigenvalue weighted by molar-refractivity contribution is 1.18. The predicted octanol–water partition coefficient (Wildman–Crippen LogP) is 16.2. The van der Waals surface area contributed by atoms with E-state index in [-0.39, 0.29) is 0 Å². The van der Waals surface area contributed by atoms with Crippen molar-refractivity contribution in [1.29, 1.82) is 0 Å². The van der Waals surface area contributed by atoms with E-state index in [2.05, 4.69) is 240 Å². The molecule has 0 aliphatic heterocycles. The molecule has 60 heavy (non-hydrogen) atoms. The number of fused-ring (bicyclic) bond motifs is 4. The molecule has 1 aromatic heterocycles. The van der Waals surface area contributed by atoms with Gasteiger partial charge in [-0.05, 0) is 132 Å². The third-order valence-corrected chi connectivity index (χ3v) is 12.3. The molecule has 2 heteroatoms. The topological polar surface area (TPSA) is 8.17 Å². The average molecular weight is 763 g/mol. The van der Waals surface area contributed by atoms with Crippen molar-refractivity contribution in [1.82, 2.24) is 4.57 Å². The molecule has 12 rings (SSSR count). The zero-order chi connectivity index (χ0) is 39.6. The minimum atomic E-state index is 1.12. The molecule has 0 saturated carbocycles. The van der Waals surface area contributed by atoms with E-state index >= 15 is 0 Å². The Morgan fingerprint density at radius 1 is 0.283 bits per heavy atom. The monoisotopic (exact) mass is 762 g/mol. The first-order valence-corrected chi connectivity index (χ1v) is 20.7. The summed E-state index contributed by atoms with van der Waals surface area (Å²) in [6, 6.07) is 84.0. The van der Waals surface area contributed by atoms with Crippen LogP contribution in [0.15, 0.2) is 231 Å². The van der Waals surface area contributed by atoms with Gasteiger partial charge in [-0.2, -0.15) is 0 Å². The third kappa shape index (κ3) is 5.50. The van der Waals surface area contributed by atoms with Gasteiger partial charge in [0.1, 0.15) is 0 Å². The first-order chi connectivity index (χ1) is 29.8. The van der Waals surface area contributed by atoms with Crippen molar-refractivity contribution in [2.24, 2.45) is 0 Å². The smallest absolute Gasteiger partial charge is 0.0553 e. The van der Waals surface area contributed by atoms with Gasteiger partial charge in [0, 0.05) is 33.5 Å². The van der Waals surface area contributed by atoms with Crippen LogP contribution < -0.4 is 4.90 Å². The maximum absolute atomic E-state index is 2.45. The molecule has 0 spiro atoms. The summed E-state index contributed by atoms with van der Waals surface area (Å²) in [7, 11) is 0. The molecule has 0 N–H and O–H groups in total. The Bertz CT molecular complexity index is 3440. The van der Waals surface area contributed by atoms with Crippen LogP contribution in [0.25, 0.3) is 93.2 Å². The number of hydrogen-bond donors (Lipinski definition) is 0. The quantitative estimate of drug-likeness (QED) is 0.147. The second kappa shape index (κ2) is 13.9. The van der Waals surface area contributed by atoms with Crippen LogP contribution in [0.2, 0.25) is 0 Å². The van der Waals surface area contributed by atoms with Crippen LogP contribution in [0.1, 0.15) is 0 Å². The summed E-state index contributed by atoms with van der Waals surface area (Å²) >= 11 is 0. The van der Waals surface area contributed by atoms with Gasteiger partial charge in [0.2, 0.25) is 0 Å². The number of benzene rings is 11. The highest BCUT2D eigenvalue weighted by Crippen LogP contribution is 2.46. The summed E-state index contributed by atoms with van der Waals surface area (Å²) in [5.74, 6) is 0. The van der Waals surface area contributed by atoms with E-state index < -0.39 is 0 Å². The Morgan fingerprint density at radius 2 is 0.783 bits per heavy atom. The fourth-order valence-corrected chi connectivity index (χ4v) is 9.54. The van der Waals surface area contributed by atoms with Gasteiger partial charge in [0.25, 0.3) is 0 Å². The molecule has 280 valence electrons. The number of nitrogens with zero attached hydrogens (tertiary/aromatic N) is 2. The van der Waals surface area contributed by atoms with Crippen LogP contribution in [0, 0.1) is 0 Å². The van der Waals surface area contributed by atoms with Crippen molar-refractivity contribution in [3.05, 3.63) is 231 Å². The van der Waals surface area contributed by atoms with Crippen LogP contribution in [0.3, 0.4) is 0 Å². The highest BCUT2D eigenvalue weighted by atomic mass is 15.1. The maximum atomic E-state index is 2.45. The van der Waals surface area contributed by atoms with Gasteiger partial charge in [0.05, 0.1) is 11.0 Å². The molecule has 0 bridgehead atoms. The molecular weight excluding hydrogens is 725 g/mol. The lowest BCUT2D eigenvalue weighted by atomic mass is 9.88. The predicted molar refractivity (Wildman–Crippen MR) is 255 cm³/mol. The summed E-state index contributed by atoms with van der Waals surface area (Å²) in [5, 5.41) is 10.2. The standard InChI is InChI=1S/C58H38N2/c1-5-13-39(14-6-1)40-21-23-41(24-22-40)44-30-36-54-53(37-44)58-52-35-34-51-50(42-27-31-49(32-28-42)59(46-15-7-2-8-16-46)47-17-9-3-10-18-47)33-29-43-25-26-45(57(52)56(43)51)38-55(58)60(54)48-19-11-4-12-20-48/h1-38H. The number of hydrogen-bond acceptors (Lipinski definition) is 1. The van der Waals surface area contributed by atoms with Gasteiger partial charge in [0.15, 0.2) is 0 Å². The minimum absolute atomic E-state index is 1.12. The number of anilines is 3. The minimum Gasteiger partial charge on any atom is -0.311 e. The summed E-state index contributed by atoms with van der Waals surface area (Å²) in [4.78, 5) is 2.32. The molecule has 0 radical (unpaired) electrons. The average Bonchev–Trinajstić information content (AvgIpc) is 3.65. The molecule has 1 heterocycles. The largest absolute Gasteiger partial charge is 0.311 e. The van der Waals surface area contributed by atoms with Gasteiger partial charge in [-0.1, -0.05) is 164 Å². The normalized spacial score (nSPS) is 11.7. The Kier molecular flexibility index (Phi) is 7.89. The molecule has 2 nitrogen and oxygen atoms in total. The first kappa shape index (κ1) is 34.1. The van der Waals surface area contributed by atoms with Crippen molar-refractivity contribution in [3.8, 4) is 39.1 Å². The number of aromatic nitrogens is 1. The Balaban J connectivity index is 1.04. The zero-order valence-electron chi connectivity index (χ0n) is 32.8. The molecule has 0 aliphatic carbocycles. The van der Waals surface area contributed by atoms with Crippen LogP contribution in [-0.4, -0.2) is 4.57 Å². The first-order valence-electron chi connectivity index (χ1n) is 20.7. The summed E-state index contributed by atoms with van der Waals surface area (Å²) in [6.45, 7) is 0. The molecule has 0 aliphatic rings. The van der Waals surface area contributed by atoms with Crippen molar-refractivity contribution in [3.63, 3.8) is 0 Å². The molecule has 0 amide bonds. The van der Waals surface area contributed by atoms with Crippen molar-refractivity contribution < 1.29 is 0 Å². The maximum Gasteiger partial charge on any atom is 0.0553 e. The molecule has 11 aromatic carbocycles. The molecule has 0 atom stereocenters. The van der Waals surface area contributed by atoms with Crippen LogP contribution in [0.5, 0.6) is 0 Å². The summed E-state index contributed by atoms with van der Waals surface area (Å²) < 4.78 is 2.45. The lowest BCUT2D eigenvalue weighted by Crippen LogP contribution is -2.09. The number of para-hydroxylation sites is 3. The highest BCUT2D eigenvalue weighted by Gasteiger charge is 2.21. The SMILES string of the molecule is c1ccc(-c2ccc(-c3ccc4c(c3)c3c5ccc6c(-c7ccc(N(c8ccccc8)c8ccccc8)cc7)ccc7ccc(cc3n4-c3ccccc3)c5c76)cc2)cc1. The van der Waals surface area contributed by atoms with Gasteiger partial charge in [-0.25, -0.2) is 0 Å². The highest BCUT2D eigenvalue weighted by molar-refractivity contribution is 6.34. The fourth-order valence-electron chi connectivity index (χ4n) is 9.54. The zero-order valence-corrected chi connectivity index (χ0v) is 32.8. The second-order valence-electron chi connectivity index (χ2n) is 15.7. The molecule has 0 saturated heterocycles. The van der Waals surface area contributed by atoms with E-state index in [1.54, 1.807) is 0 Å². The molecule has 12 aromatic rings. The summed E-state index contributed by atoms with van der Waals surface area (Å²) in [5.41, 5.74) is 14.3. The van der Waals surface area contributed by atoms with E-state index in [9.17, 15) is 0 Å². The van der Waals surface area contributed by atoms with Crippen LogP contribution in [0.4, 0.5) is 17.1 Å². The van der Waals surface area contributed by atoms with E-state index in [1.165, 1.54) is 87.5 Å². The third-order valence-electron chi connectivity index (χ3n) is 12.3. The molecule has 0 fully saturated rings. The van der Waals surface area contributed by atoms with Crippen LogP contribution in [-0.2, 0) is 0 Å². The van der Waals surface area contributed by atoms with Crippen molar-refractivity contribution in [2.75, 3.05) is 4.90 Å². The van der Waals surface area contributed by atoms with E-state index in [0.717, 1.165) is 22.7 Å². The summed E-state index contributed by atoms with van der Waals surface area (Å²) in [6.07, 6.45) is 0. The second-order valence-corrected chi connectivity index (χ2v) is 15.7. The van der Waals surface area contributed by atoms with E-state index in [0.29, 0.717) is 0 Å². The van der Waals surface area contributed by atoms with Gasteiger partial charge in [-0.15, -0.1) is 0 Å². The van der Waals surface area contributed by atoms with Gasteiger partial charge < -0.3 is 9.47 Å². The van der Waals surface area contributed by atoms with E-state index in [1.807, 2.05) is 0 Å². The van der Waals surface area contributed by atoms with Crippen LogP contribution >= 0.6 is 0 Å². The van der Waals surface area contributed by atoms with E-state index in [4.69, 9.17) is 0 Å². The van der Waals surface area contributed by atoms with Crippen molar-refractivity contribution in [2.45, 2.75) is 0 Å². The van der Waals surface area contributed by atoms with Gasteiger partial charge >= 0.3 is 0 Å². The number of rotatable bonds is 7. The molecule has 0 unspecified atom stereocenters. The lowest BCUT2D eigenvalue weighted by Gasteiger charge is -2.25. The van der Waals surface area contributed by atoms with Gasteiger partial charge in [-0.3, -0.25) is 0 Å². The van der Waals surface area contributed by atoms with Crippen molar-refractivity contribution >= 4 is 71.2 Å². The Morgan fingerprint density at radius 3 is 1.47 bits per heavy atom. The Hall–Kier alpha value is -7.94. The Labute approximate surface area is 348 Å². The molecular formula is C58H38N2.